The molecule has 5 atom stereocenters. The van der Waals surface area contributed by atoms with Crippen molar-refractivity contribution in [1.82, 2.24) is 0 Å². The average Bonchev–Trinajstić information content (AvgIpc) is 2.66. The van der Waals surface area contributed by atoms with E-state index in [-0.39, 0.29) is 5.41 Å². The van der Waals surface area contributed by atoms with Crippen molar-refractivity contribution in [2.75, 3.05) is 12.9 Å². The highest BCUT2D eigenvalue weighted by atomic mass is 35.5. The molecule has 3 heteroatoms. The standard InChI is InChI=1S/C21H31ClO.CH5N/c1-3-20(11-12-22)9-10-21(17-7-5-4-6-8-17)14-18(20)13-19(2,15-21)16-23;1-2/h4-7,16-18H,3,8-15H2,1-2H3;2H2,1H3. The fourth-order valence-corrected chi connectivity index (χ4v) is 6.53. The van der Waals surface area contributed by atoms with E-state index in [2.05, 4.69) is 43.9 Å². The number of aldehydes is 1. The lowest BCUT2D eigenvalue weighted by Crippen LogP contribution is -2.52. The molecule has 0 heterocycles. The third kappa shape index (κ3) is 3.90. The summed E-state index contributed by atoms with van der Waals surface area (Å²) < 4.78 is 0. The third-order valence-corrected chi connectivity index (χ3v) is 7.65. The number of hydrogen-bond acceptors (Lipinski definition) is 2. The highest BCUT2D eigenvalue weighted by Gasteiger charge is 2.57. The minimum Gasteiger partial charge on any atom is -0.333 e. The molecule has 0 saturated heterocycles. The minimum atomic E-state index is -0.148. The molecule has 0 radical (unpaired) electrons. The number of hydrogen-bond donors (Lipinski definition) is 1. The molecule has 2 fully saturated rings. The molecule has 2 saturated carbocycles. The second-order valence-corrected chi connectivity index (χ2v) is 9.10. The van der Waals surface area contributed by atoms with Crippen LogP contribution in [-0.2, 0) is 4.79 Å². The SMILES string of the molecule is CCC1(CCCl)CCC2(C3C=CC=CC3)CC1CC(C)(C=O)C2.CN. The van der Waals surface area contributed by atoms with Gasteiger partial charge in [0, 0.05) is 11.3 Å². The smallest absolute Gasteiger partial charge is 0.125 e. The van der Waals surface area contributed by atoms with E-state index in [0.717, 1.165) is 31.6 Å². The molecule has 0 aliphatic heterocycles. The zero-order chi connectivity index (χ0) is 18.6. The van der Waals surface area contributed by atoms with Gasteiger partial charge in [0.25, 0.3) is 0 Å². The molecule has 0 aromatic carbocycles. The molecule has 3 rings (SSSR count). The van der Waals surface area contributed by atoms with Crippen LogP contribution in [0, 0.1) is 28.1 Å². The van der Waals surface area contributed by atoms with Crippen LogP contribution >= 0.6 is 11.6 Å². The van der Waals surface area contributed by atoms with Crippen molar-refractivity contribution in [2.45, 2.75) is 65.2 Å². The van der Waals surface area contributed by atoms with Crippen molar-refractivity contribution in [3.63, 3.8) is 0 Å². The van der Waals surface area contributed by atoms with E-state index < -0.39 is 0 Å². The van der Waals surface area contributed by atoms with Crippen molar-refractivity contribution in [3.8, 4) is 0 Å². The van der Waals surface area contributed by atoms with Gasteiger partial charge in [-0.15, -0.1) is 11.6 Å². The van der Waals surface area contributed by atoms with Gasteiger partial charge in [-0.2, -0.15) is 0 Å². The minimum absolute atomic E-state index is 0.148. The molecule has 5 unspecified atom stereocenters. The first-order chi connectivity index (χ1) is 12.0. The molecule has 0 aromatic rings. The molecule has 2 N–H and O–H groups in total. The van der Waals surface area contributed by atoms with Crippen LogP contribution in [0.25, 0.3) is 0 Å². The Kier molecular flexibility index (Phi) is 6.95. The van der Waals surface area contributed by atoms with Gasteiger partial charge in [-0.05, 0) is 74.7 Å². The van der Waals surface area contributed by atoms with Crippen LogP contribution in [0.15, 0.2) is 24.3 Å². The maximum Gasteiger partial charge on any atom is 0.125 e. The Morgan fingerprint density at radius 1 is 1.24 bits per heavy atom. The number of alkyl halides is 1. The average molecular weight is 366 g/mol. The predicted octanol–water partition coefficient (Wildman–Crippen LogP) is 5.50. The van der Waals surface area contributed by atoms with Crippen LogP contribution in [0.1, 0.15) is 65.2 Å². The van der Waals surface area contributed by atoms with Crippen molar-refractivity contribution >= 4 is 17.9 Å². The van der Waals surface area contributed by atoms with Crippen molar-refractivity contribution < 1.29 is 4.79 Å². The lowest BCUT2D eigenvalue weighted by Gasteiger charge is -2.61. The first-order valence-electron chi connectivity index (χ1n) is 9.95. The van der Waals surface area contributed by atoms with Crippen LogP contribution in [0.3, 0.4) is 0 Å². The Bertz CT molecular complexity index is 516. The fraction of sp³-hybridized carbons (Fsp3) is 0.773. The lowest BCUT2D eigenvalue weighted by molar-refractivity contribution is -0.135. The van der Waals surface area contributed by atoms with Gasteiger partial charge in [-0.1, -0.05) is 44.6 Å². The van der Waals surface area contributed by atoms with Crippen molar-refractivity contribution in [2.24, 2.45) is 33.8 Å². The summed E-state index contributed by atoms with van der Waals surface area (Å²) >= 11 is 6.18. The van der Waals surface area contributed by atoms with Gasteiger partial charge in [0.15, 0.2) is 0 Å². The summed E-state index contributed by atoms with van der Waals surface area (Å²) in [5, 5.41) is 0. The fourth-order valence-electron chi connectivity index (χ4n) is 6.15. The molecule has 3 aliphatic rings. The van der Waals surface area contributed by atoms with Crippen LogP contribution in [0.2, 0.25) is 0 Å². The molecule has 2 bridgehead atoms. The van der Waals surface area contributed by atoms with Crippen LogP contribution in [0.5, 0.6) is 0 Å². The maximum absolute atomic E-state index is 11.9. The molecular weight excluding hydrogens is 330 g/mol. The van der Waals surface area contributed by atoms with Crippen molar-refractivity contribution in [1.29, 1.82) is 0 Å². The zero-order valence-corrected chi connectivity index (χ0v) is 17.0. The van der Waals surface area contributed by atoms with Crippen LogP contribution in [0.4, 0.5) is 0 Å². The van der Waals surface area contributed by atoms with E-state index in [4.69, 9.17) is 11.6 Å². The summed E-state index contributed by atoms with van der Waals surface area (Å²) in [5.41, 5.74) is 5.04. The lowest BCUT2D eigenvalue weighted by atomic mass is 9.44. The molecule has 0 aromatic heterocycles. The Labute approximate surface area is 159 Å². The predicted molar refractivity (Wildman–Crippen MR) is 108 cm³/mol. The second-order valence-electron chi connectivity index (χ2n) is 8.73. The van der Waals surface area contributed by atoms with Gasteiger partial charge in [0.2, 0.25) is 0 Å². The van der Waals surface area contributed by atoms with Gasteiger partial charge in [-0.3, -0.25) is 0 Å². The van der Waals surface area contributed by atoms with E-state index in [1.165, 1.54) is 39.0 Å². The summed E-state index contributed by atoms with van der Waals surface area (Å²) in [6.45, 7) is 4.53. The molecule has 0 amide bonds. The number of carbonyl (C=O) groups excluding carboxylic acids is 1. The topological polar surface area (TPSA) is 43.1 Å². The maximum atomic E-state index is 11.9. The monoisotopic (exact) mass is 365 g/mol. The first kappa shape index (κ1) is 20.7. The summed E-state index contributed by atoms with van der Waals surface area (Å²) in [7, 11) is 1.50. The largest absolute Gasteiger partial charge is 0.333 e. The number of allylic oxidation sites excluding steroid dienone is 4. The van der Waals surface area contributed by atoms with Crippen molar-refractivity contribution in [3.05, 3.63) is 24.3 Å². The molecule has 3 aliphatic carbocycles. The third-order valence-electron chi connectivity index (χ3n) is 7.46. The first-order valence-corrected chi connectivity index (χ1v) is 10.5. The highest BCUT2D eigenvalue weighted by molar-refractivity contribution is 6.17. The zero-order valence-electron chi connectivity index (χ0n) is 16.3. The highest BCUT2D eigenvalue weighted by Crippen LogP contribution is 2.65. The summed E-state index contributed by atoms with van der Waals surface area (Å²) in [5.74, 6) is 2.02. The Balaban J connectivity index is 0.00000109. The van der Waals surface area contributed by atoms with Gasteiger partial charge in [0.05, 0.1) is 0 Å². The molecule has 2 nitrogen and oxygen atoms in total. The number of nitrogens with two attached hydrogens (primary N) is 1. The van der Waals surface area contributed by atoms with Gasteiger partial charge in [0.1, 0.15) is 6.29 Å². The van der Waals surface area contributed by atoms with E-state index >= 15 is 0 Å². The summed E-state index contributed by atoms with van der Waals surface area (Å²) in [6, 6.07) is 0. The second kappa shape index (κ2) is 8.39. The van der Waals surface area contributed by atoms with Crippen LogP contribution < -0.4 is 5.73 Å². The quantitative estimate of drug-likeness (QED) is 0.516. The van der Waals surface area contributed by atoms with Gasteiger partial charge in [-0.25, -0.2) is 0 Å². The number of fused-ring (bicyclic) bond motifs is 2. The Morgan fingerprint density at radius 3 is 2.56 bits per heavy atom. The van der Waals surface area contributed by atoms with Gasteiger partial charge < -0.3 is 10.5 Å². The van der Waals surface area contributed by atoms with Crippen LogP contribution in [-0.4, -0.2) is 19.2 Å². The van der Waals surface area contributed by atoms with E-state index in [1.54, 1.807) is 0 Å². The summed E-state index contributed by atoms with van der Waals surface area (Å²) in [4.78, 5) is 11.9. The molecule has 0 spiro atoms. The Morgan fingerprint density at radius 2 is 2.00 bits per heavy atom. The molecule has 142 valence electrons. The van der Waals surface area contributed by atoms with E-state index in [0.29, 0.717) is 22.7 Å². The number of rotatable bonds is 5. The normalized spacial score (nSPS) is 42.4. The van der Waals surface area contributed by atoms with E-state index in [1.807, 2.05) is 0 Å². The van der Waals surface area contributed by atoms with Gasteiger partial charge >= 0.3 is 0 Å². The molecule has 25 heavy (non-hydrogen) atoms. The molecular formula is C22H36ClNO. The number of halogens is 1. The summed E-state index contributed by atoms with van der Waals surface area (Å²) in [6.07, 6.45) is 19.8. The number of carbonyl (C=O) groups is 1. The Hall–Kier alpha value is -0.600. The van der Waals surface area contributed by atoms with E-state index in [9.17, 15) is 4.79 Å².